The molecule has 0 saturated heterocycles. The van der Waals surface area contributed by atoms with Gasteiger partial charge in [0.1, 0.15) is 0 Å². The normalized spacial score (nSPS) is 25.2. The van der Waals surface area contributed by atoms with Gasteiger partial charge < -0.3 is 10.2 Å². The summed E-state index contributed by atoms with van der Waals surface area (Å²) in [5.74, 6) is 1.00. The first-order valence-electron chi connectivity index (χ1n) is 3.18. The van der Waals surface area contributed by atoms with Gasteiger partial charge >= 0.3 is 0 Å². The average molecular weight is 127 g/mol. The van der Waals surface area contributed by atoms with E-state index in [-0.39, 0.29) is 0 Å². The topological polar surface area (TPSA) is 27.6 Å². The Kier molecular flexibility index (Phi) is 1.60. The predicted octanol–water partition coefficient (Wildman–Crippen LogP) is -0.104. The smallest absolute Gasteiger partial charge is 0.193 e. The second-order valence-electron chi connectivity index (χ2n) is 2.60. The average Bonchev–Trinajstić information content (AvgIpc) is 2.14. The first-order chi connectivity index (χ1) is 4.20. The van der Waals surface area contributed by atoms with Crippen LogP contribution in [0, 0.1) is 0 Å². The predicted molar refractivity (Wildman–Crippen MR) is 38.6 cm³/mol. The van der Waals surface area contributed by atoms with Crippen molar-refractivity contribution in [1.29, 1.82) is 0 Å². The molecule has 3 nitrogen and oxygen atoms in total. The fraction of sp³-hybridized carbons (Fsp3) is 0.833. The van der Waals surface area contributed by atoms with Crippen molar-refractivity contribution in [1.82, 2.24) is 10.2 Å². The molecule has 0 radical (unpaired) electrons. The zero-order valence-electron chi connectivity index (χ0n) is 6.18. The molecule has 0 amide bonds. The van der Waals surface area contributed by atoms with Crippen LogP contribution >= 0.6 is 0 Å². The maximum atomic E-state index is 4.25. The van der Waals surface area contributed by atoms with E-state index in [1.165, 1.54) is 0 Å². The van der Waals surface area contributed by atoms with E-state index < -0.39 is 0 Å². The third kappa shape index (κ3) is 1.34. The monoisotopic (exact) mass is 127 g/mol. The van der Waals surface area contributed by atoms with E-state index in [4.69, 9.17) is 0 Å². The van der Waals surface area contributed by atoms with Gasteiger partial charge in [-0.3, -0.25) is 4.99 Å². The molecule has 1 atom stereocenters. The van der Waals surface area contributed by atoms with Crippen molar-refractivity contribution in [3.63, 3.8) is 0 Å². The van der Waals surface area contributed by atoms with E-state index in [2.05, 4.69) is 17.2 Å². The van der Waals surface area contributed by atoms with Gasteiger partial charge in [-0.2, -0.15) is 0 Å². The molecule has 1 aliphatic heterocycles. The van der Waals surface area contributed by atoms with E-state index in [1.54, 1.807) is 0 Å². The van der Waals surface area contributed by atoms with Gasteiger partial charge in [0.15, 0.2) is 5.96 Å². The van der Waals surface area contributed by atoms with Crippen LogP contribution in [0.15, 0.2) is 4.99 Å². The summed E-state index contributed by atoms with van der Waals surface area (Å²) >= 11 is 0. The Bertz CT molecular complexity index is 128. The number of guanidine groups is 1. The molecule has 0 spiro atoms. The molecule has 0 fully saturated rings. The van der Waals surface area contributed by atoms with Crippen molar-refractivity contribution in [2.45, 2.75) is 13.0 Å². The number of hydrogen-bond acceptors (Lipinski definition) is 3. The lowest BCUT2D eigenvalue weighted by Crippen LogP contribution is -2.36. The van der Waals surface area contributed by atoms with Gasteiger partial charge in [0.25, 0.3) is 0 Å². The number of rotatable bonds is 0. The summed E-state index contributed by atoms with van der Waals surface area (Å²) in [5.41, 5.74) is 0. The first-order valence-corrected chi connectivity index (χ1v) is 3.18. The lowest BCUT2D eigenvalue weighted by Gasteiger charge is -2.13. The van der Waals surface area contributed by atoms with Crippen molar-refractivity contribution in [2.75, 3.05) is 20.6 Å². The fourth-order valence-corrected chi connectivity index (χ4v) is 0.806. The van der Waals surface area contributed by atoms with E-state index in [1.807, 2.05) is 19.0 Å². The second kappa shape index (κ2) is 2.25. The molecule has 52 valence electrons. The molecule has 0 aliphatic carbocycles. The third-order valence-electron chi connectivity index (χ3n) is 1.31. The van der Waals surface area contributed by atoms with Crippen molar-refractivity contribution in [3.8, 4) is 0 Å². The second-order valence-corrected chi connectivity index (χ2v) is 2.60. The van der Waals surface area contributed by atoms with Crippen molar-refractivity contribution in [3.05, 3.63) is 0 Å². The lowest BCUT2D eigenvalue weighted by molar-refractivity contribution is 0.586. The summed E-state index contributed by atoms with van der Waals surface area (Å²) in [4.78, 5) is 6.24. The summed E-state index contributed by atoms with van der Waals surface area (Å²) in [6.45, 7) is 3.04. The van der Waals surface area contributed by atoms with E-state index in [0.717, 1.165) is 12.5 Å². The highest BCUT2D eigenvalue weighted by Crippen LogP contribution is 1.94. The van der Waals surface area contributed by atoms with Gasteiger partial charge in [-0.05, 0) is 6.92 Å². The van der Waals surface area contributed by atoms with Gasteiger partial charge in [0.2, 0.25) is 0 Å². The van der Waals surface area contributed by atoms with Gasteiger partial charge in [0, 0.05) is 20.1 Å². The highest BCUT2D eigenvalue weighted by atomic mass is 15.3. The highest BCUT2D eigenvalue weighted by molar-refractivity contribution is 5.81. The SMILES string of the molecule is CC1CN=C(N(C)C)N1. The molecule has 0 aromatic rings. The Balaban J connectivity index is 2.45. The summed E-state index contributed by atoms with van der Waals surface area (Å²) < 4.78 is 0. The summed E-state index contributed by atoms with van der Waals surface area (Å²) in [5, 5.41) is 3.23. The van der Waals surface area contributed by atoms with Crippen molar-refractivity contribution in [2.24, 2.45) is 4.99 Å². The molecular weight excluding hydrogens is 114 g/mol. The number of nitrogens with one attached hydrogen (secondary N) is 1. The van der Waals surface area contributed by atoms with Gasteiger partial charge in [0.05, 0.1) is 6.54 Å². The van der Waals surface area contributed by atoms with Crippen LogP contribution in [0.2, 0.25) is 0 Å². The van der Waals surface area contributed by atoms with Crippen LogP contribution in [0.3, 0.4) is 0 Å². The molecule has 0 bridgehead atoms. The van der Waals surface area contributed by atoms with Crippen LogP contribution in [-0.4, -0.2) is 37.5 Å². The molecule has 0 saturated carbocycles. The largest absolute Gasteiger partial charge is 0.352 e. The number of hydrogen-bond donors (Lipinski definition) is 1. The quantitative estimate of drug-likeness (QED) is 0.492. The Labute approximate surface area is 55.8 Å². The van der Waals surface area contributed by atoms with E-state index in [9.17, 15) is 0 Å². The van der Waals surface area contributed by atoms with Crippen LogP contribution < -0.4 is 5.32 Å². The summed E-state index contributed by atoms with van der Waals surface area (Å²) in [6, 6.07) is 0.516. The van der Waals surface area contributed by atoms with Gasteiger partial charge in [-0.25, -0.2) is 0 Å². The van der Waals surface area contributed by atoms with Gasteiger partial charge in [-0.1, -0.05) is 0 Å². The molecule has 1 unspecified atom stereocenters. The minimum atomic E-state index is 0.516. The van der Waals surface area contributed by atoms with Crippen LogP contribution in [0.1, 0.15) is 6.92 Å². The van der Waals surface area contributed by atoms with Crippen molar-refractivity contribution >= 4 is 5.96 Å². The Morgan fingerprint density at radius 3 is 2.56 bits per heavy atom. The van der Waals surface area contributed by atoms with Crippen molar-refractivity contribution < 1.29 is 0 Å². The zero-order chi connectivity index (χ0) is 6.85. The van der Waals surface area contributed by atoms with E-state index >= 15 is 0 Å². The molecule has 9 heavy (non-hydrogen) atoms. The fourth-order valence-electron chi connectivity index (χ4n) is 0.806. The molecule has 0 aromatic heterocycles. The molecule has 0 aromatic carbocycles. The molecule has 1 aliphatic rings. The first kappa shape index (κ1) is 6.39. The van der Waals surface area contributed by atoms with Crippen LogP contribution in [0.25, 0.3) is 0 Å². The Morgan fingerprint density at radius 2 is 2.33 bits per heavy atom. The van der Waals surface area contributed by atoms with Gasteiger partial charge in [-0.15, -0.1) is 0 Å². The van der Waals surface area contributed by atoms with Crippen LogP contribution in [-0.2, 0) is 0 Å². The highest BCUT2D eigenvalue weighted by Gasteiger charge is 2.12. The third-order valence-corrected chi connectivity index (χ3v) is 1.31. The molecule has 1 rings (SSSR count). The van der Waals surface area contributed by atoms with Crippen LogP contribution in [0.4, 0.5) is 0 Å². The molecule has 1 heterocycles. The minimum absolute atomic E-state index is 0.516. The maximum absolute atomic E-state index is 4.25. The molecule has 3 heteroatoms. The Hall–Kier alpha value is -0.730. The van der Waals surface area contributed by atoms with E-state index in [0.29, 0.717) is 6.04 Å². The molecular formula is C6H13N3. The number of aliphatic imine (C=N–C) groups is 1. The Morgan fingerprint density at radius 1 is 1.67 bits per heavy atom. The maximum Gasteiger partial charge on any atom is 0.193 e. The van der Waals surface area contributed by atoms with Crippen LogP contribution in [0.5, 0.6) is 0 Å². The minimum Gasteiger partial charge on any atom is -0.352 e. The summed E-state index contributed by atoms with van der Waals surface area (Å²) in [7, 11) is 3.98. The lowest BCUT2D eigenvalue weighted by atomic mass is 10.4. The summed E-state index contributed by atoms with van der Waals surface area (Å²) in [6.07, 6.45) is 0. The molecule has 1 N–H and O–H groups in total. The zero-order valence-corrected chi connectivity index (χ0v) is 6.18. The standard InChI is InChI=1S/C6H13N3/c1-5-4-7-6(8-5)9(2)3/h5H,4H2,1-3H3,(H,7,8). The number of nitrogens with zero attached hydrogens (tertiary/aromatic N) is 2.